The van der Waals surface area contributed by atoms with Crippen molar-refractivity contribution in [1.29, 1.82) is 0 Å². The number of carbonyl (C=O) groups is 1. The molecule has 34 heavy (non-hydrogen) atoms. The third-order valence-corrected chi connectivity index (χ3v) is 6.32. The average Bonchev–Trinajstić information content (AvgIpc) is 3.49. The number of hydrogen-bond acceptors (Lipinski definition) is 7. The van der Waals surface area contributed by atoms with Gasteiger partial charge < -0.3 is 29.0 Å². The highest BCUT2D eigenvalue weighted by atomic mass is 16.7. The molecule has 0 aromatic heterocycles. The first-order valence-corrected chi connectivity index (χ1v) is 11.8. The standard InChI is InChI=1S/C26H34N2O6/c1-4-9-27-26(29)16-28-15-19(18-5-8-23-25(13-18)34-17-33-23)12-22(28)21-7-6-20(31-3)14-24(21)32-11-10-30-2/h5-8,13-14,19,22H,4,9-12,15-17H2,1-3H3,(H,27,29)/t19-,22+/m0/s1. The van der Waals surface area contributed by atoms with E-state index in [9.17, 15) is 4.79 Å². The summed E-state index contributed by atoms with van der Waals surface area (Å²) in [5.74, 6) is 3.32. The van der Waals surface area contributed by atoms with E-state index in [1.165, 1.54) is 5.56 Å². The van der Waals surface area contributed by atoms with Gasteiger partial charge in [-0.3, -0.25) is 9.69 Å². The summed E-state index contributed by atoms with van der Waals surface area (Å²) in [5.41, 5.74) is 2.23. The zero-order chi connectivity index (χ0) is 23.9. The highest BCUT2D eigenvalue weighted by Gasteiger charge is 2.37. The summed E-state index contributed by atoms with van der Waals surface area (Å²) in [6.45, 7) is 5.00. The van der Waals surface area contributed by atoms with Crippen molar-refractivity contribution in [3.63, 3.8) is 0 Å². The van der Waals surface area contributed by atoms with Crippen LogP contribution in [0.2, 0.25) is 0 Å². The number of fused-ring (bicyclic) bond motifs is 1. The lowest BCUT2D eigenvalue weighted by atomic mass is 9.93. The number of likely N-dealkylation sites (tertiary alicyclic amines) is 1. The molecular formula is C26H34N2O6. The molecule has 2 atom stereocenters. The highest BCUT2D eigenvalue weighted by molar-refractivity contribution is 5.78. The van der Waals surface area contributed by atoms with Gasteiger partial charge >= 0.3 is 0 Å². The quantitative estimate of drug-likeness (QED) is 0.504. The number of benzene rings is 2. The van der Waals surface area contributed by atoms with Gasteiger partial charge in [-0.2, -0.15) is 0 Å². The molecule has 1 N–H and O–H groups in total. The van der Waals surface area contributed by atoms with Crippen LogP contribution in [0.4, 0.5) is 0 Å². The fourth-order valence-electron chi connectivity index (χ4n) is 4.59. The van der Waals surface area contributed by atoms with E-state index in [2.05, 4.69) is 29.3 Å². The van der Waals surface area contributed by atoms with E-state index in [0.29, 0.717) is 26.3 Å². The number of methoxy groups -OCH3 is 2. The number of hydrogen-bond donors (Lipinski definition) is 1. The van der Waals surface area contributed by atoms with Gasteiger partial charge in [-0.05, 0) is 42.5 Å². The third-order valence-electron chi connectivity index (χ3n) is 6.32. The molecule has 1 amide bonds. The molecule has 8 heteroatoms. The lowest BCUT2D eigenvalue weighted by molar-refractivity contribution is -0.122. The molecular weight excluding hydrogens is 436 g/mol. The van der Waals surface area contributed by atoms with Crippen molar-refractivity contribution in [2.45, 2.75) is 31.7 Å². The second-order valence-electron chi connectivity index (χ2n) is 8.59. The number of ether oxygens (including phenoxy) is 5. The molecule has 184 valence electrons. The van der Waals surface area contributed by atoms with Crippen molar-refractivity contribution in [2.75, 3.05) is 53.9 Å². The lowest BCUT2D eigenvalue weighted by Crippen LogP contribution is -2.37. The smallest absolute Gasteiger partial charge is 0.234 e. The molecule has 0 aliphatic carbocycles. The van der Waals surface area contributed by atoms with Crippen LogP contribution in [0.3, 0.4) is 0 Å². The topological polar surface area (TPSA) is 78.5 Å². The Balaban J connectivity index is 1.61. The molecule has 8 nitrogen and oxygen atoms in total. The van der Waals surface area contributed by atoms with Gasteiger partial charge in [0.2, 0.25) is 12.7 Å². The Morgan fingerprint density at radius 2 is 1.97 bits per heavy atom. The fourth-order valence-corrected chi connectivity index (χ4v) is 4.59. The zero-order valence-electron chi connectivity index (χ0n) is 20.2. The van der Waals surface area contributed by atoms with Crippen LogP contribution >= 0.6 is 0 Å². The molecule has 0 unspecified atom stereocenters. The monoisotopic (exact) mass is 470 g/mol. The van der Waals surface area contributed by atoms with Crippen LogP contribution in [0.5, 0.6) is 23.0 Å². The normalized spacial score (nSPS) is 19.3. The number of nitrogens with zero attached hydrogens (tertiary/aromatic N) is 1. The fraction of sp³-hybridized carbons (Fsp3) is 0.500. The molecule has 2 aliphatic rings. The predicted octanol–water partition coefficient (Wildman–Crippen LogP) is 3.51. The van der Waals surface area contributed by atoms with Crippen molar-refractivity contribution < 1.29 is 28.5 Å². The average molecular weight is 471 g/mol. The Kier molecular flexibility index (Phi) is 8.13. The molecule has 2 aromatic rings. The van der Waals surface area contributed by atoms with Crippen molar-refractivity contribution in [3.05, 3.63) is 47.5 Å². The van der Waals surface area contributed by atoms with Gasteiger partial charge in [0.05, 0.1) is 20.3 Å². The third kappa shape index (κ3) is 5.56. The van der Waals surface area contributed by atoms with Crippen LogP contribution in [-0.2, 0) is 9.53 Å². The van der Waals surface area contributed by atoms with Gasteiger partial charge in [-0.15, -0.1) is 0 Å². The van der Waals surface area contributed by atoms with Gasteiger partial charge in [0.15, 0.2) is 11.5 Å². The molecule has 0 saturated carbocycles. The second-order valence-corrected chi connectivity index (χ2v) is 8.59. The van der Waals surface area contributed by atoms with Crippen LogP contribution < -0.4 is 24.3 Å². The summed E-state index contributed by atoms with van der Waals surface area (Å²) in [4.78, 5) is 14.9. The number of carbonyl (C=O) groups excluding carboxylic acids is 1. The molecule has 2 aromatic carbocycles. The van der Waals surface area contributed by atoms with Crippen LogP contribution in [0.15, 0.2) is 36.4 Å². The molecule has 1 saturated heterocycles. The highest BCUT2D eigenvalue weighted by Crippen LogP contribution is 2.45. The van der Waals surface area contributed by atoms with Crippen molar-refractivity contribution in [2.24, 2.45) is 0 Å². The molecule has 1 fully saturated rings. The molecule has 0 spiro atoms. The Labute approximate surface area is 201 Å². The van der Waals surface area contributed by atoms with E-state index in [1.807, 2.05) is 24.3 Å². The minimum absolute atomic E-state index is 0.0197. The number of rotatable bonds is 11. The van der Waals surface area contributed by atoms with E-state index < -0.39 is 0 Å². The van der Waals surface area contributed by atoms with Crippen LogP contribution in [0.1, 0.15) is 42.9 Å². The van der Waals surface area contributed by atoms with Crippen molar-refractivity contribution in [1.82, 2.24) is 10.2 Å². The molecule has 0 bridgehead atoms. The Bertz CT molecular complexity index is 982. The molecule has 2 aliphatic heterocycles. The molecule has 2 heterocycles. The Morgan fingerprint density at radius 3 is 2.76 bits per heavy atom. The minimum Gasteiger partial charge on any atom is -0.497 e. The summed E-state index contributed by atoms with van der Waals surface area (Å²) < 4.78 is 27.8. The van der Waals surface area contributed by atoms with Gasteiger partial charge in [0, 0.05) is 37.9 Å². The van der Waals surface area contributed by atoms with Gasteiger partial charge in [0.1, 0.15) is 18.1 Å². The van der Waals surface area contributed by atoms with Gasteiger partial charge in [-0.1, -0.05) is 19.1 Å². The van der Waals surface area contributed by atoms with E-state index >= 15 is 0 Å². The van der Waals surface area contributed by atoms with Gasteiger partial charge in [0.25, 0.3) is 0 Å². The van der Waals surface area contributed by atoms with Gasteiger partial charge in [-0.25, -0.2) is 0 Å². The maximum absolute atomic E-state index is 12.7. The van der Waals surface area contributed by atoms with E-state index in [0.717, 1.165) is 47.9 Å². The van der Waals surface area contributed by atoms with Crippen molar-refractivity contribution >= 4 is 5.91 Å². The van der Waals surface area contributed by atoms with Crippen LogP contribution in [-0.4, -0.2) is 64.7 Å². The first-order chi connectivity index (χ1) is 16.6. The summed E-state index contributed by atoms with van der Waals surface area (Å²) in [5, 5.41) is 3.01. The van der Waals surface area contributed by atoms with E-state index in [1.54, 1.807) is 14.2 Å². The first kappa shape index (κ1) is 24.2. The summed E-state index contributed by atoms with van der Waals surface area (Å²) >= 11 is 0. The maximum Gasteiger partial charge on any atom is 0.234 e. The molecule has 0 radical (unpaired) electrons. The zero-order valence-corrected chi connectivity index (χ0v) is 20.2. The maximum atomic E-state index is 12.7. The second kappa shape index (κ2) is 11.4. The van der Waals surface area contributed by atoms with Crippen molar-refractivity contribution in [3.8, 4) is 23.0 Å². The lowest BCUT2D eigenvalue weighted by Gasteiger charge is -2.26. The van der Waals surface area contributed by atoms with E-state index in [-0.39, 0.29) is 24.7 Å². The van der Waals surface area contributed by atoms with Crippen LogP contribution in [0.25, 0.3) is 0 Å². The summed E-state index contributed by atoms with van der Waals surface area (Å²) in [6.07, 6.45) is 1.76. The SMILES string of the molecule is CCCNC(=O)CN1C[C@@H](c2ccc3c(c2)OCO3)C[C@@H]1c1ccc(OC)cc1OCCOC. The predicted molar refractivity (Wildman–Crippen MR) is 128 cm³/mol. The summed E-state index contributed by atoms with van der Waals surface area (Å²) in [7, 11) is 3.29. The Hall–Kier alpha value is -2.97. The van der Waals surface area contributed by atoms with E-state index in [4.69, 9.17) is 23.7 Å². The molecule has 4 rings (SSSR count). The summed E-state index contributed by atoms with van der Waals surface area (Å²) in [6, 6.07) is 12.1. The first-order valence-electron chi connectivity index (χ1n) is 11.8. The van der Waals surface area contributed by atoms with Crippen LogP contribution in [0, 0.1) is 0 Å². The number of amides is 1. The number of nitrogens with one attached hydrogen (secondary N) is 1. The Morgan fingerprint density at radius 1 is 1.12 bits per heavy atom. The largest absolute Gasteiger partial charge is 0.497 e. The minimum atomic E-state index is 0.0197.